The zero-order valence-electron chi connectivity index (χ0n) is 11.9. The summed E-state index contributed by atoms with van der Waals surface area (Å²) in [6.07, 6.45) is 1.46. The fourth-order valence-electron chi connectivity index (χ4n) is 1.94. The van der Waals surface area contributed by atoms with Crippen LogP contribution in [-0.2, 0) is 12.8 Å². The first-order valence-electron chi connectivity index (χ1n) is 6.64. The summed E-state index contributed by atoms with van der Waals surface area (Å²) in [5.74, 6) is -0.306. The molecule has 0 saturated carbocycles. The molecule has 21 heavy (non-hydrogen) atoms. The van der Waals surface area contributed by atoms with Crippen molar-refractivity contribution in [1.82, 2.24) is 15.2 Å². The number of carbonyl (C=O) groups excluding carboxylic acids is 1. The number of carbonyl (C=O) groups is 1. The molecule has 0 bridgehead atoms. The molecular formula is C14H16ClN5O. The maximum atomic E-state index is 12.2. The fraction of sp³-hybridized carbons (Fsp3) is 0.286. The van der Waals surface area contributed by atoms with Crippen molar-refractivity contribution < 1.29 is 4.79 Å². The second-order valence-electron chi connectivity index (χ2n) is 4.39. The number of rotatable bonds is 4. The van der Waals surface area contributed by atoms with Gasteiger partial charge in [-0.1, -0.05) is 31.5 Å². The molecule has 0 radical (unpaired) electrons. The van der Waals surface area contributed by atoms with E-state index in [4.69, 9.17) is 17.3 Å². The highest BCUT2D eigenvalue weighted by Crippen LogP contribution is 2.22. The first-order chi connectivity index (χ1) is 10.1. The van der Waals surface area contributed by atoms with Gasteiger partial charge in [-0.15, -0.1) is 10.2 Å². The SMILES string of the molecule is CCc1nnc(NC(=O)c2c(N)cccc2Cl)nc1CC. The van der Waals surface area contributed by atoms with E-state index in [-0.39, 0.29) is 16.5 Å². The summed E-state index contributed by atoms with van der Waals surface area (Å²) in [6.45, 7) is 3.95. The van der Waals surface area contributed by atoms with Gasteiger partial charge in [0, 0.05) is 5.69 Å². The van der Waals surface area contributed by atoms with Gasteiger partial charge in [0.2, 0.25) is 5.95 Å². The van der Waals surface area contributed by atoms with E-state index >= 15 is 0 Å². The van der Waals surface area contributed by atoms with Gasteiger partial charge in [-0.3, -0.25) is 10.1 Å². The van der Waals surface area contributed by atoms with Crippen LogP contribution in [0.25, 0.3) is 0 Å². The first-order valence-corrected chi connectivity index (χ1v) is 7.02. The molecule has 3 N–H and O–H groups in total. The summed E-state index contributed by atoms with van der Waals surface area (Å²) in [4.78, 5) is 16.5. The molecule has 0 fully saturated rings. The molecule has 110 valence electrons. The average molecular weight is 306 g/mol. The second-order valence-corrected chi connectivity index (χ2v) is 4.80. The van der Waals surface area contributed by atoms with E-state index in [9.17, 15) is 4.79 Å². The minimum absolute atomic E-state index is 0.147. The fourth-order valence-corrected chi connectivity index (χ4v) is 2.20. The number of amides is 1. The van der Waals surface area contributed by atoms with Crippen LogP contribution in [0, 0.1) is 0 Å². The molecule has 0 aliphatic carbocycles. The number of aromatic nitrogens is 3. The van der Waals surface area contributed by atoms with Gasteiger partial charge >= 0.3 is 0 Å². The quantitative estimate of drug-likeness (QED) is 0.846. The number of hydrogen-bond donors (Lipinski definition) is 2. The predicted octanol–water partition coefficient (Wildman–Crippen LogP) is 2.48. The van der Waals surface area contributed by atoms with Gasteiger partial charge in [0.15, 0.2) is 0 Å². The molecule has 0 aliphatic heterocycles. The molecule has 0 spiro atoms. The van der Waals surface area contributed by atoms with Crippen LogP contribution in [0.5, 0.6) is 0 Å². The molecular weight excluding hydrogens is 290 g/mol. The molecule has 0 aliphatic rings. The van der Waals surface area contributed by atoms with Crippen molar-refractivity contribution >= 4 is 29.1 Å². The Labute approximate surface area is 127 Å². The van der Waals surface area contributed by atoms with E-state index in [1.807, 2.05) is 13.8 Å². The number of benzene rings is 1. The van der Waals surface area contributed by atoms with E-state index in [2.05, 4.69) is 20.5 Å². The second kappa shape index (κ2) is 6.49. The summed E-state index contributed by atoms with van der Waals surface area (Å²) in [5, 5.41) is 10.8. The molecule has 6 nitrogen and oxygen atoms in total. The molecule has 2 aromatic rings. The van der Waals surface area contributed by atoms with Crippen LogP contribution in [0.15, 0.2) is 18.2 Å². The van der Waals surface area contributed by atoms with Gasteiger partial charge in [-0.05, 0) is 25.0 Å². The van der Waals surface area contributed by atoms with Crippen molar-refractivity contribution in [1.29, 1.82) is 0 Å². The zero-order valence-corrected chi connectivity index (χ0v) is 12.6. The lowest BCUT2D eigenvalue weighted by Gasteiger charge is -2.09. The van der Waals surface area contributed by atoms with Gasteiger partial charge in [0.1, 0.15) is 0 Å². The first kappa shape index (κ1) is 15.2. The Balaban J connectivity index is 2.28. The molecule has 1 heterocycles. The summed E-state index contributed by atoms with van der Waals surface area (Å²) in [6, 6.07) is 4.89. The van der Waals surface area contributed by atoms with Crippen molar-refractivity contribution in [3.8, 4) is 0 Å². The van der Waals surface area contributed by atoms with Crippen LogP contribution in [0.4, 0.5) is 11.6 Å². The Morgan fingerprint density at radius 3 is 2.57 bits per heavy atom. The lowest BCUT2D eigenvalue weighted by molar-refractivity contribution is 0.102. The third kappa shape index (κ3) is 3.28. The highest BCUT2D eigenvalue weighted by atomic mass is 35.5. The molecule has 1 aromatic carbocycles. The molecule has 1 aromatic heterocycles. The Bertz CT molecular complexity index is 654. The number of nitrogen functional groups attached to an aromatic ring is 1. The van der Waals surface area contributed by atoms with Crippen LogP contribution in [0.2, 0.25) is 5.02 Å². The van der Waals surface area contributed by atoms with Gasteiger partial charge < -0.3 is 5.73 Å². The highest BCUT2D eigenvalue weighted by Gasteiger charge is 2.16. The van der Waals surface area contributed by atoms with Crippen molar-refractivity contribution in [2.24, 2.45) is 0 Å². The maximum absolute atomic E-state index is 12.2. The lowest BCUT2D eigenvalue weighted by atomic mass is 10.1. The van der Waals surface area contributed by atoms with E-state index in [0.29, 0.717) is 5.69 Å². The van der Waals surface area contributed by atoms with Gasteiger partial charge in [0.05, 0.1) is 22.0 Å². The molecule has 0 unspecified atom stereocenters. The number of nitrogens with zero attached hydrogens (tertiary/aromatic N) is 3. The molecule has 0 atom stereocenters. The van der Waals surface area contributed by atoms with Gasteiger partial charge in [-0.25, -0.2) is 4.98 Å². The van der Waals surface area contributed by atoms with Gasteiger partial charge in [0.25, 0.3) is 5.91 Å². The predicted molar refractivity (Wildman–Crippen MR) is 82.4 cm³/mol. The number of hydrogen-bond acceptors (Lipinski definition) is 5. The maximum Gasteiger partial charge on any atom is 0.261 e. The number of aryl methyl sites for hydroxylation is 2. The normalized spacial score (nSPS) is 10.4. The third-order valence-electron chi connectivity index (χ3n) is 3.01. The van der Waals surface area contributed by atoms with Crippen LogP contribution in [-0.4, -0.2) is 21.1 Å². The number of nitrogens with two attached hydrogens (primary N) is 1. The standard InChI is InChI=1S/C14H16ClN5O/c1-3-10-11(4-2)19-20-14(17-10)18-13(21)12-8(15)6-5-7-9(12)16/h5-7H,3-4,16H2,1-2H3,(H,17,18,20,21). The minimum atomic E-state index is -0.453. The smallest absolute Gasteiger partial charge is 0.261 e. The van der Waals surface area contributed by atoms with Crippen LogP contribution in [0.1, 0.15) is 35.6 Å². The highest BCUT2D eigenvalue weighted by molar-refractivity contribution is 6.35. The Hall–Kier alpha value is -2.21. The Morgan fingerprint density at radius 1 is 1.24 bits per heavy atom. The van der Waals surface area contributed by atoms with Crippen molar-refractivity contribution in [2.75, 3.05) is 11.1 Å². The largest absolute Gasteiger partial charge is 0.398 e. The number of anilines is 2. The van der Waals surface area contributed by atoms with Crippen LogP contribution in [0.3, 0.4) is 0 Å². The van der Waals surface area contributed by atoms with Crippen molar-refractivity contribution in [2.45, 2.75) is 26.7 Å². The summed E-state index contributed by atoms with van der Waals surface area (Å²) in [5.41, 5.74) is 7.93. The Kier molecular flexibility index (Phi) is 4.70. The Morgan fingerprint density at radius 2 is 1.95 bits per heavy atom. The topological polar surface area (TPSA) is 93.8 Å². The summed E-state index contributed by atoms with van der Waals surface area (Å²) >= 11 is 6.00. The summed E-state index contributed by atoms with van der Waals surface area (Å²) < 4.78 is 0. The van der Waals surface area contributed by atoms with Crippen molar-refractivity contribution in [3.63, 3.8) is 0 Å². The van der Waals surface area contributed by atoms with E-state index < -0.39 is 5.91 Å². The minimum Gasteiger partial charge on any atom is -0.398 e. The molecule has 0 saturated heterocycles. The van der Waals surface area contributed by atoms with E-state index in [1.54, 1.807) is 18.2 Å². The number of halogens is 1. The molecule has 7 heteroatoms. The third-order valence-corrected chi connectivity index (χ3v) is 3.32. The summed E-state index contributed by atoms with van der Waals surface area (Å²) in [7, 11) is 0. The zero-order chi connectivity index (χ0) is 15.4. The molecule has 2 rings (SSSR count). The van der Waals surface area contributed by atoms with Crippen LogP contribution >= 0.6 is 11.6 Å². The van der Waals surface area contributed by atoms with Crippen molar-refractivity contribution in [3.05, 3.63) is 40.2 Å². The lowest BCUT2D eigenvalue weighted by Crippen LogP contribution is -2.18. The average Bonchev–Trinajstić information content (AvgIpc) is 2.46. The number of nitrogens with one attached hydrogen (secondary N) is 1. The van der Waals surface area contributed by atoms with Crippen LogP contribution < -0.4 is 11.1 Å². The monoisotopic (exact) mass is 305 g/mol. The van der Waals surface area contributed by atoms with E-state index in [0.717, 1.165) is 24.2 Å². The van der Waals surface area contributed by atoms with E-state index in [1.165, 1.54) is 0 Å². The van der Waals surface area contributed by atoms with Gasteiger partial charge in [-0.2, -0.15) is 0 Å². The molecule has 1 amide bonds.